The minimum Gasteiger partial charge on any atom is -0.306 e. The number of rotatable bonds is 2. The molecule has 0 atom stereocenters. The van der Waals surface area contributed by atoms with Crippen LogP contribution in [-0.4, -0.2) is 13.5 Å². The first kappa shape index (κ1) is 8.75. The number of nitrogens with zero attached hydrogens (tertiary/aromatic N) is 1. The average molecular weight is 183 g/mol. The Morgan fingerprint density at radius 1 is 1.29 bits per heavy atom. The lowest BCUT2D eigenvalue weighted by molar-refractivity contribution is 0.554. The van der Waals surface area contributed by atoms with Crippen molar-refractivity contribution in [2.45, 2.75) is 0 Å². The molecule has 2 radical (unpaired) electrons. The third-order valence-electron chi connectivity index (χ3n) is 2.17. The van der Waals surface area contributed by atoms with Crippen molar-refractivity contribution in [1.82, 2.24) is 0 Å². The van der Waals surface area contributed by atoms with E-state index in [1.54, 1.807) is 7.05 Å². The molecular weight excluding hydrogens is 174 g/mol. The Morgan fingerprint density at radius 2 is 2.07 bits per heavy atom. The molecule has 0 unspecified atom stereocenters. The van der Waals surface area contributed by atoms with Crippen LogP contribution in [0.5, 0.6) is 0 Å². The molecule has 68 valence electrons. The first-order valence-corrected chi connectivity index (χ1v) is 4.34. The van der Waals surface area contributed by atoms with Crippen LogP contribution in [0.25, 0.3) is 10.8 Å². The summed E-state index contributed by atoms with van der Waals surface area (Å²) in [5, 5.41) is 2.12. The molecule has 2 nitrogen and oxygen atoms in total. The van der Waals surface area contributed by atoms with Crippen LogP contribution in [0.1, 0.15) is 0 Å². The Hall–Kier alpha value is -1.83. The standard InChI is InChI=1S/C12H9NO/c1-13(9-14)12-8-4-6-10-5-2-3-7-11(10)12/h2-7H,1H3. The van der Waals surface area contributed by atoms with Gasteiger partial charge in [0.1, 0.15) is 0 Å². The number of carbonyl (C=O) groups excluding carboxylic acids is 1. The van der Waals surface area contributed by atoms with Crippen LogP contribution in [0.4, 0.5) is 5.69 Å². The van der Waals surface area contributed by atoms with E-state index in [1.165, 1.54) is 4.90 Å². The molecule has 2 aromatic carbocycles. The molecule has 0 aromatic heterocycles. The van der Waals surface area contributed by atoms with E-state index in [1.807, 2.05) is 42.8 Å². The van der Waals surface area contributed by atoms with E-state index in [-0.39, 0.29) is 0 Å². The molecule has 0 spiro atoms. The van der Waals surface area contributed by atoms with Gasteiger partial charge in [-0.3, -0.25) is 4.79 Å². The van der Waals surface area contributed by atoms with Crippen LogP contribution < -0.4 is 4.90 Å². The predicted octanol–water partition coefficient (Wildman–Crippen LogP) is 2.14. The molecule has 0 N–H and O–H groups in total. The molecular formula is C12H9NO. The van der Waals surface area contributed by atoms with Crippen molar-refractivity contribution < 1.29 is 4.79 Å². The molecule has 0 aliphatic rings. The zero-order chi connectivity index (χ0) is 9.97. The van der Waals surface area contributed by atoms with E-state index in [0.717, 1.165) is 16.5 Å². The molecule has 2 rings (SSSR count). The quantitative estimate of drug-likeness (QED) is 0.653. The van der Waals surface area contributed by atoms with Crippen molar-refractivity contribution in [1.29, 1.82) is 0 Å². The van der Waals surface area contributed by atoms with Crippen LogP contribution >= 0.6 is 0 Å². The molecule has 0 bridgehead atoms. The van der Waals surface area contributed by atoms with E-state index in [2.05, 4.69) is 6.07 Å². The van der Waals surface area contributed by atoms with Gasteiger partial charge in [-0.1, -0.05) is 36.4 Å². The maximum Gasteiger partial charge on any atom is 0.316 e. The van der Waals surface area contributed by atoms with Gasteiger partial charge in [-0.25, -0.2) is 0 Å². The first-order valence-electron chi connectivity index (χ1n) is 4.34. The maximum absolute atomic E-state index is 10.5. The van der Waals surface area contributed by atoms with Crippen molar-refractivity contribution in [2.75, 3.05) is 11.9 Å². The lowest BCUT2D eigenvalue weighted by Crippen LogP contribution is -2.13. The maximum atomic E-state index is 10.5. The number of hydrogen-bond donors (Lipinski definition) is 0. The van der Waals surface area contributed by atoms with Crippen molar-refractivity contribution in [2.24, 2.45) is 0 Å². The zero-order valence-corrected chi connectivity index (χ0v) is 7.82. The lowest BCUT2D eigenvalue weighted by atomic mass is 10.1. The van der Waals surface area contributed by atoms with E-state index in [4.69, 9.17) is 0 Å². The van der Waals surface area contributed by atoms with Crippen LogP contribution in [-0.2, 0) is 4.79 Å². The summed E-state index contributed by atoms with van der Waals surface area (Å²) in [6.45, 7) is 0. The Labute approximate surface area is 82.8 Å². The molecule has 0 saturated heterocycles. The van der Waals surface area contributed by atoms with E-state index < -0.39 is 0 Å². The van der Waals surface area contributed by atoms with Crippen LogP contribution in [0.2, 0.25) is 0 Å². The van der Waals surface area contributed by atoms with Gasteiger partial charge in [0, 0.05) is 18.5 Å². The number of amides is 1. The SMILES string of the molecule is CN([C]=O)c1[c]ccc2ccccc12. The van der Waals surface area contributed by atoms with E-state index >= 15 is 0 Å². The number of hydrogen-bond acceptors (Lipinski definition) is 1. The average Bonchev–Trinajstić information content (AvgIpc) is 2.27. The summed E-state index contributed by atoms with van der Waals surface area (Å²) >= 11 is 0. The van der Waals surface area contributed by atoms with Gasteiger partial charge in [-0.15, -0.1) is 0 Å². The third-order valence-corrected chi connectivity index (χ3v) is 2.17. The molecule has 0 aliphatic carbocycles. The molecule has 0 aliphatic heterocycles. The second-order valence-corrected chi connectivity index (χ2v) is 3.06. The smallest absolute Gasteiger partial charge is 0.306 e. The summed E-state index contributed by atoms with van der Waals surface area (Å²) in [4.78, 5) is 11.9. The van der Waals surface area contributed by atoms with E-state index in [9.17, 15) is 4.79 Å². The highest BCUT2D eigenvalue weighted by atomic mass is 16.1. The second-order valence-electron chi connectivity index (χ2n) is 3.06. The molecule has 0 heterocycles. The largest absolute Gasteiger partial charge is 0.316 e. The molecule has 0 fully saturated rings. The fourth-order valence-corrected chi connectivity index (χ4v) is 1.47. The summed E-state index contributed by atoms with van der Waals surface area (Å²) in [5.41, 5.74) is 0.762. The molecule has 2 aromatic rings. The molecule has 14 heavy (non-hydrogen) atoms. The van der Waals surface area contributed by atoms with Crippen LogP contribution in [0, 0.1) is 6.07 Å². The van der Waals surface area contributed by atoms with Crippen molar-refractivity contribution in [3.63, 3.8) is 0 Å². The number of fused-ring (bicyclic) bond motifs is 1. The summed E-state index contributed by atoms with van der Waals surface area (Å²) < 4.78 is 0. The molecule has 0 saturated carbocycles. The van der Waals surface area contributed by atoms with Gasteiger partial charge in [-0.05, 0) is 5.39 Å². The zero-order valence-electron chi connectivity index (χ0n) is 7.82. The van der Waals surface area contributed by atoms with Gasteiger partial charge in [0.25, 0.3) is 0 Å². The normalized spacial score (nSPS) is 10.1. The summed E-state index contributed by atoms with van der Waals surface area (Å²) in [6, 6.07) is 14.7. The van der Waals surface area contributed by atoms with Gasteiger partial charge in [0.05, 0.1) is 5.69 Å². The predicted molar refractivity (Wildman–Crippen MR) is 56.9 cm³/mol. The van der Waals surface area contributed by atoms with Gasteiger partial charge in [-0.2, -0.15) is 0 Å². The fraction of sp³-hybridized carbons (Fsp3) is 0.0833. The fourth-order valence-electron chi connectivity index (χ4n) is 1.47. The van der Waals surface area contributed by atoms with Gasteiger partial charge in [0.2, 0.25) is 0 Å². The van der Waals surface area contributed by atoms with Crippen LogP contribution in [0.15, 0.2) is 36.4 Å². The number of anilines is 1. The highest BCUT2D eigenvalue weighted by molar-refractivity contribution is 5.97. The van der Waals surface area contributed by atoms with Gasteiger partial charge >= 0.3 is 6.41 Å². The van der Waals surface area contributed by atoms with Gasteiger partial charge in [0.15, 0.2) is 0 Å². The molecule has 2 heteroatoms. The second kappa shape index (κ2) is 3.50. The summed E-state index contributed by atoms with van der Waals surface area (Å²) in [6.07, 6.45) is 1.83. The monoisotopic (exact) mass is 183 g/mol. The highest BCUT2D eigenvalue weighted by Crippen LogP contribution is 2.24. The molecule has 1 amide bonds. The highest BCUT2D eigenvalue weighted by Gasteiger charge is 2.04. The lowest BCUT2D eigenvalue weighted by Gasteiger charge is -2.11. The number of benzene rings is 2. The summed E-state index contributed by atoms with van der Waals surface area (Å²) in [5.74, 6) is 0. The van der Waals surface area contributed by atoms with Crippen molar-refractivity contribution >= 4 is 22.9 Å². The Bertz CT molecular complexity index is 459. The Kier molecular flexibility index (Phi) is 2.19. The third kappa shape index (κ3) is 1.35. The Morgan fingerprint density at radius 3 is 2.86 bits per heavy atom. The van der Waals surface area contributed by atoms with Crippen molar-refractivity contribution in [3.05, 3.63) is 42.5 Å². The van der Waals surface area contributed by atoms with Crippen LogP contribution in [0.3, 0.4) is 0 Å². The minimum atomic E-state index is 0.762. The summed E-state index contributed by atoms with van der Waals surface area (Å²) in [7, 11) is 1.67. The minimum absolute atomic E-state index is 0.762. The Balaban J connectivity index is 2.70. The van der Waals surface area contributed by atoms with Crippen molar-refractivity contribution in [3.8, 4) is 0 Å². The van der Waals surface area contributed by atoms with Gasteiger partial charge < -0.3 is 4.90 Å². The first-order chi connectivity index (χ1) is 6.83. The van der Waals surface area contributed by atoms with E-state index in [0.29, 0.717) is 0 Å². The topological polar surface area (TPSA) is 20.3 Å².